The molecule has 0 atom stereocenters. The summed E-state index contributed by atoms with van der Waals surface area (Å²) in [4.78, 5) is 10.3. The van der Waals surface area contributed by atoms with Gasteiger partial charge in [-0.2, -0.15) is 0 Å². The van der Waals surface area contributed by atoms with Crippen LogP contribution in [-0.4, -0.2) is 77.7 Å². The molecule has 0 saturated carbocycles. The predicted molar refractivity (Wildman–Crippen MR) is 148 cm³/mol. The van der Waals surface area contributed by atoms with Crippen molar-refractivity contribution < 1.29 is 43.4 Å². The molecule has 0 saturated heterocycles. The van der Waals surface area contributed by atoms with Crippen LogP contribution in [0, 0.1) is 6.92 Å². The van der Waals surface area contributed by atoms with Crippen LogP contribution in [0.15, 0.2) is 53.3 Å². The van der Waals surface area contributed by atoms with E-state index in [1.807, 2.05) is 26.0 Å². The first kappa shape index (κ1) is 32.1. The highest BCUT2D eigenvalue weighted by atomic mass is 16.5. The Kier molecular flexibility index (Phi) is 12.9. The van der Waals surface area contributed by atoms with Crippen LogP contribution in [0.3, 0.4) is 0 Å². The standard InChI is InChI=1S/C27H30O7.2CH4O/c1-15-9-17(28)11-20(31-5)24(15)27(25-16(2)10-18(29-3)12-21(25)32-6)26-22(33-7)13-19(30-4)14-23(26)34-8;2*1-2/h9-14H,1-8H3;2*2H,1H3/p+1/b27-24+;;. The number of aliphatic hydroxyl groups is 2. The van der Waals surface area contributed by atoms with Gasteiger partial charge in [0.15, 0.2) is 0 Å². The number of rotatable bonds is 8. The third-order valence-electron chi connectivity index (χ3n) is 5.70. The van der Waals surface area contributed by atoms with E-state index in [4.69, 9.17) is 38.6 Å². The van der Waals surface area contributed by atoms with Gasteiger partial charge in [0.25, 0.3) is 0 Å². The highest BCUT2D eigenvalue weighted by Gasteiger charge is 2.31. The lowest BCUT2D eigenvalue weighted by Crippen LogP contribution is -2.11. The lowest BCUT2D eigenvalue weighted by Gasteiger charge is -2.26. The average Bonchev–Trinajstić information content (AvgIpc) is 2.95. The van der Waals surface area contributed by atoms with Gasteiger partial charge >= 0.3 is 5.78 Å². The molecule has 0 amide bonds. The van der Waals surface area contributed by atoms with Crippen molar-refractivity contribution in [3.05, 3.63) is 70.0 Å². The molecule has 1 aliphatic carbocycles. The lowest BCUT2D eigenvalue weighted by atomic mass is 9.83. The Morgan fingerprint density at radius 1 is 0.605 bits per heavy atom. The van der Waals surface area contributed by atoms with Crippen molar-refractivity contribution in [1.82, 2.24) is 0 Å². The average molecular weight is 532 g/mol. The number of benzene rings is 2. The van der Waals surface area contributed by atoms with Crippen molar-refractivity contribution in [3.8, 4) is 28.7 Å². The van der Waals surface area contributed by atoms with Gasteiger partial charge in [-0.25, -0.2) is 0 Å². The summed E-state index contributed by atoms with van der Waals surface area (Å²) < 4.78 is 34.1. The third kappa shape index (κ3) is 6.67. The summed E-state index contributed by atoms with van der Waals surface area (Å²) in [5, 5.41) is 14.0. The van der Waals surface area contributed by atoms with E-state index >= 15 is 0 Å². The monoisotopic (exact) mass is 531 g/mol. The quantitative estimate of drug-likeness (QED) is 0.489. The van der Waals surface area contributed by atoms with Crippen LogP contribution in [0.5, 0.6) is 28.7 Å². The Morgan fingerprint density at radius 3 is 1.47 bits per heavy atom. The molecule has 0 radical (unpaired) electrons. The van der Waals surface area contributed by atoms with Crippen molar-refractivity contribution in [2.75, 3.05) is 56.9 Å². The van der Waals surface area contributed by atoms with E-state index in [1.165, 1.54) is 0 Å². The van der Waals surface area contributed by atoms with Gasteiger partial charge in [-0.3, -0.25) is 4.79 Å². The summed E-state index contributed by atoms with van der Waals surface area (Å²) in [6, 6.07) is 7.35. The maximum Gasteiger partial charge on any atom is 0.344 e. The van der Waals surface area contributed by atoms with E-state index in [-0.39, 0.29) is 5.78 Å². The molecule has 0 aliphatic heterocycles. The topological polar surface area (TPSA) is 117 Å². The summed E-state index contributed by atoms with van der Waals surface area (Å²) in [6.07, 6.45) is 3.27. The fraction of sp³-hybridized carbons (Fsp3) is 0.345. The molecule has 38 heavy (non-hydrogen) atoms. The van der Waals surface area contributed by atoms with Crippen LogP contribution < -0.4 is 23.7 Å². The van der Waals surface area contributed by atoms with Gasteiger partial charge in [0, 0.05) is 55.2 Å². The molecule has 2 aromatic carbocycles. The number of aryl methyl sites for hydroxylation is 1. The second-order valence-corrected chi connectivity index (χ2v) is 7.64. The van der Waals surface area contributed by atoms with Gasteiger partial charge in [-0.15, -0.1) is 0 Å². The molecule has 2 aromatic rings. The van der Waals surface area contributed by atoms with Crippen molar-refractivity contribution in [2.24, 2.45) is 0 Å². The maximum absolute atomic E-state index is 10.3. The molecule has 3 N–H and O–H groups in total. The van der Waals surface area contributed by atoms with Gasteiger partial charge < -0.3 is 38.6 Å². The molecule has 1 aliphatic rings. The zero-order valence-electron chi connectivity index (χ0n) is 23.8. The second kappa shape index (κ2) is 15.3. The highest BCUT2D eigenvalue weighted by molar-refractivity contribution is 6.06. The summed E-state index contributed by atoms with van der Waals surface area (Å²) in [5.74, 6) is 3.52. The van der Waals surface area contributed by atoms with Crippen LogP contribution in [-0.2, 0) is 4.74 Å². The minimum Gasteiger partial charge on any atom is -0.497 e. The number of allylic oxidation sites excluding steroid dienone is 3. The zero-order valence-corrected chi connectivity index (χ0v) is 23.8. The summed E-state index contributed by atoms with van der Waals surface area (Å²) >= 11 is 0. The van der Waals surface area contributed by atoms with Crippen molar-refractivity contribution in [1.29, 1.82) is 0 Å². The normalized spacial score (nSPS) is 13.4. The Bertz CT molecular complexity index is 1180. The molecule has 208 valence electrons. The number of hydrogen-bond donors (Lipinski definition) is 2. The van der Waals surface area contributed by atoms with Crippen LogP contribution in [0.2, 0.25) is 0 Å². The number of methoxy groups -OCH3 is 6. The summed E-state index contributed by atoms with van der Waals surface area (Å²) in [6.45, 7) is 3.89. The van der Waals surface area contributed by atoms with Gasteiger partial charge in [-0.1, -0.05) is 0 Å². The van der Waals surface area contributed by atoms with E-state index < -0.39 is 0 Å². The van der Waals surface area contributed by atoms with Crippen LogP contribution in [0.4, 0.5) is 0 Å². The lowest BCUT2D eigenvalue weighted by molar-refractivity contribution is 0.302. The van der Waals surface area contributed by atoms with Crippen LogP contribution in [0.25, 0.3) is 5.57 Å². The molecule has 0 fully saturated rings. The van der Waals surface area contributed by atoms with Crippen molar-refractivity contribution in [3.63, 3.8) is 0 Å². The summed E-state index contributed by atoms with van der Waals surface area (Å²) in [7, 11) is 11.6. The Labute approximate surface area is 224 Å². The fourth-order valence-electron chi connectivity index (χ4n) is 4.17. The molecular weight excluding hydrogens is 492 g/mol. The Balaban J connectivity index is 0.00000172. The molecule has 9 nitrogen and oxygen atoms in total. The minimum atomic E-state index is 0.101. The summed E-state index contributed by atoms with van der Waals surface area (Å²) in [5.41, 5.74) is 4.70. The van der Waals surface area contributed by atoms with E-state index in [2.05, 4.69) is 0 Å². The van der Waals surface area contributed by atoms with Crippen LogP contribution in [0.1, 0.15) is 23.6 Å². The number of hydrogen-bond acceptors (Lipinski definition) is 8. The first-order chi connectivity index (χ1) is 18.3. The van der Waals surface area contributed by atoms with Crippen molar-refractivity contribution >= 4 is 11.4 Å². The van der Waals surface area contributed by atoms with Gasteiger partial charge in [-0.05, 0) is 31.1 Å². The number of ketones is 1. The molecule has 0 bridgehead atoms. The highest BCUT2D eigenvalue weighted by Crippen LogP contribution is 2.49. The minimum absolute atomic E-state index is 0.101. The largest absolute Gasteiger partial charge is 0.497 e. The smallest absolute Gasteiger partial charge is 0.344 e. The fourth-order valence-corrected chi connectivity index (χ4v) is 4.17. The van der Waals surface area contributed by atoms with Crippen LogP contribution >= 0.6 is 0 Å². The SMILES string of the molecule is CO.CO.COC1=CC(=[OH+])C=C(C)/C1=C(/c1c(C)cc(OC)cc1OC)c1c(OC)cc(OC)cc1OC. The molecule has 0 unspecified atom stereocenters. The third-order valence-corrected chi connectivity index (χ3v) is 5.70. The van der Waals surface area contributed by atoms with E-state index in [9.17, 15) is 4.79 Å². The Morgan fingerprint density at radius 2 is 1.05 bits per heavy atom. The zero-order chi connectivity index (χ0) is 29.0. The first-order valence-corrected chi connectivity index (χ1v) is 11.5. The first-order valence-electron chi connectivity index (χ1n) is 11.5. The number of ether oxygens (including phenoxy) is 6. The van der Waals surface area contributed by atoms with E-state index in [0.29, 0.717) is 40.1 Å². The molecular formula is C29H39O9+. The predicted octanol–water partition coefficient (Wildman–Crippen LogP) is 4.09. The Hall–Kier alpha value is -3.95. The number of aliphatic hydroxyl groups excluding tert-OH is 2. The van der Waals surface area contributed by atoms with E-state index in [0.717, 1.165) is 42.1 Å². The maximum atomic E-state index is 10.3. The van der Waals surface area contributed by atoms with Gasteiger partial charge in [0.05, 0.1) is 54.3 Å². The molecule has 3 rings (SSSR count). The van der Waals surface area contributed by atoms with Gasteiger partial charge in [0.2, 0.25) is 0 Å². The molecule has 0 heterocycles. The van der Waals surface area contributed by atoms with Gasteiger partial charge in [0.1, 0.15) is 34.5 Å². The second-order valence-electron chi connectivity index (χ2n) is 7.64. The van der Waals surface area contributed by atoms with E-state index in [1.54, 1.807) is 66.9 Å². The molecule has 9 heteroatoms. The van der Waals surface area contributed by atoms with Crippen molar-refractivity contribution in [2.45, 2.75) is 13.8 Å². The molecule has 0 spiro atoms. The number of carbonyl (C=O) groups excluding carboxylic acids is 1. The molecule has 0 aromatic heterocycles.